The molecule has 20 heavy (non-hydrogen) atoms. The van der Waals surface area contributed by atoms with E-state index in [1.54, 1.807) is 0 Å². The van der Waals surface area contributed by atoms with Gasteiger partial charge in [-0.3, -0.25) is 0 Å². The summed E-state index contributed by atoms with van der Waals surface area (Å²) in [6.07, 6.45) is 6.35. The van der Waals surface area contributed by atoms with Crippen LogP contribution in [0.25, 0.3) is 0 Å². The highest BCUT2D eigenvalue weighted by Gasteiger charge is 2.27. The third-order valence-corrected chi connectivity index (χ3v) is 5.22. The molecule has 0 aliphatic carbocycles. The number of hydrogen-bond acceptors (Lipinski definition) is 2. The first-order chi connectivity index (χ1) is 9.46. The Labute approximate surface area is 125 Å². The molecule has 0 atom stereocenters. The van der Waals surface area contributed by atoms with E-state index < -0.39 is 8.56 Å². The minimum absolute atomic E-state index is 0.827. The van der Waals surface area contributed by atoms with Gasteiger partial charge in [-0.15, -0.1) is 0 Å². The highest BCUT2D eigenvalue weighted by molar-refractivity contribution is 6.65. The van der Waals surface area contributed by atoms with Crippen molar-refractivity contribution in [1.82, 2.24) is 0 Å². The molecule has 0 heterocycles. The minimum atomic E-state index is -2.07. The maximum atomic E-state index is 6.16. The Hall–Kier alpha value is -0.803. The summed E-state index contributed by atoms with van der Waals surface area (Å²) in [5.41, 5.74) is 2.49. The second kappa shape index (κ2) is 8.48. The van der Waals surface area contributed by atoms with Gasteiger partial charge in [-0.05, 0) is 50.6 Å². The molecule has 2 nitrogen and oxygen atoms in total. The first-order valence-corrected chi connectivity index (χ1v) is 10.7. The summed E-state index contributed by atoms with van der Waals surface area (Å²) in [5.74, 6) is 0.979. The fourth-order valence-corrected chi connectivity index (χ4v) is 3.60. The van der Waals surface area contributed by atoms with Crippen LogP contribution in [0.15, 0.2) is 18.2 Å². The van der Waals surface area contributed by atoms with E-state index in [0.717, 1.165) is 18.8 Å². The van der Waals surface area contributed by atoms with Crippen molar-refractivity contribution >= 4 is 8.56 Å². The summed E-state index contributed by atoms with van der Waals surface area (Å²) in [6, 6.07) is 6.21. The average molecular weight is 295 g/mol. The number of benzene rings is 1. The standard InChI is InChI=1S/C17H30O2Si/c1-6-7-8-9-10-14-18-20(4,5)19-17-13-11-12-15(2)16(17)3/h11-13H,6-10,14H2,1-5H3. The lowest BCUT2D eigenvalue weighted by Gasteiger charge is -2.25. The van der Waals surface area contributed by atoms with Gasteiger partial charge < -0.3 is 8.85 Å². The fourth-order valence-electron chi connectivity index (χ4n) is 2.15. The Balaban J connectivity index is 2.39. The number of aryl methyl sites for hydroxylation is 1. The second-order valence-electron chi connectivity index (χ2n) is 5.96. The SMILES string of the molecule is CCCCCCCO[Si](C)(C)Oc1cccc(C)c1C. The van der Waals surface area contributed by atoms with Crippen LogP contribution in [0.5, 0.6) is 5.75 Å². The van der Waals surface area contributed by atoms with Crippen molar-refractivity contribution in [3.63, 3.8) is 0 Å². The molecule has 114 valence electrons. The molecular weight excluding hydrogens is 264 g/mol. The summed E-state index contributed by atoms with van der Waals surface area (Å²) in [5, 5.41) is 0. The van der Waals surface area contributed by atoms with Crippen LogP contribution in [0.2, 0.25) is 13.1 Å². The van der Waals surface area contributed by atoms with Crippen LogP contribution in [-0.4, -0.2) is 15.2 Å². The smallest absolute Gasteiger partial charge is 0.392 e. The molecule has 0 aliphatic rings. The van der Waals surface area contributed by atoms with Crippen LogP contribution in [-0.2, 0) is 4.43 Å². The lowest BCUT2D eigenvalue weighted by Crippen LogP contribution is -2.39. The van der Waals surface area contributed by atoms with Gasteiger partial charge >= 0.3 is 8.56 Å². The Kier molecular flexibility index (Phi) is 7.31. The Morgan fingerprint density at radius 3 is 2.40 bits per heavy atom. The maximum Gasteiger partial charge on any atom is 0.392 e. The molecule has 1 rings (SSSR count). The highest BCUT2D eigenvalue weighted by Crippen LogP contribution is 2.24. The predicted octanol–water partition coefficient (Wildman–Crippen LogP) is 5.37. The molecule has 0 saturated heterocycles. The molecule has 0 fully saturated rings. The van der Waals surface area contributed by atoms with Crippen molar-refractivity contribution in [2.45, 2.75) is 66.0 Å². The molecule has 0 amide bonds. The third kappa shape index (κ3) is 6.10. The molecule has 0 spiro atoms. The van der Waals surface area contributed by atoms with Gasteiger partial charge in [-0.25, -0.2) is 0 Å². The van der Waals surface area contributed by atoms with Gasteiger partial charge in [-0.1, -0.05) is 44.7 Å². The van der Waals surface area contributed by atoms with Gasteiger partial charge in [-0.2, -0.15) is 0 Å². The molecule has 0 radical (unpaired) electrons. The first kappa shape index (κ1) is 17.2. The van der Waals surface area contributed by atoms with Gasteiger partial charge in [0.25, 0.3) is 0 Å². The lowest BCUT2D eigenvalue weighted by molar-refractivity contribution is 0.240. The molecule has 0 bridgehead atoms. The van der Waals surface area contributed by atoms with E-state index in [-0.39, 0.29) is 0 Å². The van der Waals surface area contributed by atoms with Crippen molar-refractivity contribution in [1.29, 1.82) is 0 Å². The van der Waals surface area contributed by atoms with Crippen molar-refractivity contribution in [3.8, 4) is 5.75 Å². The summed E-state index contributed by atoms with van der Waals surface area (Å²) in [6.45, 7) is 11.5. The molecule has 0 aliphatic heterocycles. The van der Waals surface area contributed by atoms with Gasteiger partial charge in [0.05, 0.1) is 0 Å². The predicted molar refractivity (Wildman–Crippen MR) is 88.7 cm³/mol. The summed E-state index contributed by atoms with van der Waals surface area (Å²) in [4.78, 5) is 0. The zero-order chi connectivity index (χ0) is 15.0. The van der Waals surface area contributed by atoms with E-state index >= 15 is 0 Å². The zero-order valence-corrected chi connectivity index (χ0v) is 14.8. The zero-order valence-electron chi connectivity index (χ0n) is 13.8. The van der Waals surface area contributed by atoms with E-state index in [2.05, 4.69) is 39.9 Å². The van der Waals surface area contributed by atoms with Crippen LogP contribution in [0, 0.1) is 13.8 Å². The van der Waals surface area contributed by atoms with Crippen LogP contribution in [0.1, 0.15) is 50.2 Å². The quantitative estimate of drug-likeness (QED) is 0.450. The van der Waals surface area contributed by atoms with Crippen LogP contribution < -0.4 is 4.43 Å². The first-order valence-electron chi connectivity index (χ1n) is 7.85. The minimum Gasteiger partial charge on any atom is -0.520 e. The van der Waals surface area contributed by atoms with Gasteiger partial charge in [0.1, 0.15) is 5.75 Å². The molecular formula is C17H30O2Si. The Bertz CT molecular complexity index is 402. The van der Waals surface area contributed by atoms with Crippen molar-refractivity contribution in [2.75, 3.05) is 6.61 Å². The van der Waals surface area contributed by atoms with Crippen molar-refractivity contribution in [3.05, 3.63) is 29.3 Å². The summed E-state index contributed by atoms with van der Waals surface area (Å²) < 4.78 is 12.2. The fraction of sp³-hybridized carbons (Fsp3) is 0.647. The number of rotatable bonds is 9. The molecule has 0 saturated carbocycles. The van der Waals surface area contributed by atoms with E-state index in [1.165, 1.54) is 36.8 Å². The van der Waals surface area contributed by atoms with Crippen LogP contribution >= 0.6 is 0 Å². The van der Waals surface area contributed by atoms with Gasteiger partial charge in [0.15, 0.2) is 0 Å². The molecule has 0 aromatic heterocycles. The van der Waals surface area contributed by atoms with Gasteiger partial charge in [0, 0.05) is 6.61 Å². The number of hydrogen-bond donors (Lipinski definition) is 0. The van der Waals surface area contributed by atoms with Crippen molar-refractivity contribution in [2.24, 2.45) is 0 Å². The van der Waals surface area contributed by atoms with Crippen LogP contribution in [0.4, 0.5) is 0 Å². The Morgan fingerprint density at radius 1 is 1.00 bits per heavy atom. The van der Waals surface area contributed by atoms with E-state index in [1.807, 2.05) is 12.1 Å². The average Bonchev–Trinajstić information content (AvgIpc) is 2.39. The molecule has 3 heteroatoms. The Morgan fingerprint density at radius 2 is 1.70 bits per heavy atom. The van der Waals surface area contributed by atoms with Crippen LogP contribution in [0.3, 0.4) is 0 Å². The monoisotopic (exact) mass is 294 g/mol. The number of unbranched alkanes of at least 4 members (excludes halogenated alkanes) is 4. The largest absolute Gasteiger partial charge is 0.520 e. The highest BCUT2D eigenvalue weighted by atomic mass is 28.4. The van der Waals surface area contributed by atoms with E-state index in [4.69, 9.17) is 8.85 Å². The molecule has 1 aromatic carbocycles. The topological polar surface area (TPSA) is 18.5 Å². The van der Waals surface area contributed by atoms with Gasteiger partial charge in [0.2, 0.25) is 0 Å². The summed E-state index contributed by atoms with van der Waals surface area (Å²) in [7, 11) is -2.07. The molecule has 0 unspecified atom stereocenters. The lowest BCUT2D eigenvalue weighted by atomic mass is 10.1. The maximum absolute atomic E-state index is 6.16. The van der Waals surface area contributed by atoms with E-state index in [9.17, 15) is 0 Å². The normalized spacial score (nSPS) is 11.7. The van der Waals surface area contributed by atoms with E-state index in [0.29, 0.717) is 0 Å². The molecule has 0 N–H and O–H groups in total. The summed E-state index contributed by atoms with van der Waals surface area (Å²) >= 11 is 0. The molecule has 1 aromatic rings. The third-order valence-electron chi connectivity index (χ3n) is 3.61. The second-order valence-corrected chi connectivity index (χ2v) is 9.26. The van der Waals surface area contributed by atoms with Crippen molar-refractivity contribution < 1.29 is 8.85 Å².